The molecule has 0 saturated heterocycles. The molecule has 0 heterocycles. The molecule has 0 aliphatic heterocycles. The molecule has 0 atom stereocenters. The highest BCUT2D eigenvalue weighted by molar-refractivity contribution is 9.10. The zero-order valence-electron chi connectivity index (χ0n) is 11.0. The van der Waals surface area contributed by atoms with Gasteiger partial charge < -0.3 is 9.47 Å². The molecule has 2 rings (SSSR count). The Morgan fingerprint density at radius 3 is 2.38 bits per heavy atom. The van der Waals surface area contributed by atoms with Gasteiger partial charge >= 0.3 is 0 Å². The number of halogens is 3. The fraction of sp³-hybridized carbons (Fsp3) is 0.133. The Hall–Kier alpha value is -1.95. The van der Waals surface area contributed by atoms with Gasteiger partial charge in [-0.05, 0) is 34.1 Å². The topological polar surface area (TPSA) is 35.5 Å². The van der Waals surface area contributed by atoms with Crippen molar-refractivity contribution >= 4 is 21.7 Å². The van der Waals surface area contributed by atoms with E-state index in [1.165, 1.54) is 7.11 Å². The maximum Gasteiger partial charge on any atom is 0.200 e. The largest absolute Gasteiger partial charge is 0.496 e. The molecule has 0 aliphatic rings. The lowest BCUT2D eigenvalue weighted by Gasteiger charge is -2.08. The molecule has 0 spiro atoms. The van der Waals surface area contributed by atoms with Crippen LogP contribution in [0.3, 0.4) is 0 Å². The van der Waals surface area contributed by atoms with Crippen LogP contribution < -0.4 is 9.47 Å². The number of hydrogen-bond acceptors (Lipinski definition) is 3. The predicted molar refractivity (Wildman–Crippen MR) is 76.9 cm³/mol. The van der Waals surface area contributed by atoms with Crippen molar-refractivity contribution in [2.45, 2.75) is 0 Å². The number of carbonyl (C=O) groups excluding carboxylic acids is 1. The predicted octanol–water partition coefficient (Wildman–Crippen LogP) is 4.00. The van der Waals surface area contributed by atoms with Gasteiger partial charge in [-0.2, -0.15) is 0 Å². The van der Waals surface area contributed by atoms with Crippen molar-refractivity contribution in [2.75, 3.05) is 13.7 Å². The summed E-state index contributed by atoms with van der Waals surface area (Å²) in [6, 6.07) is 7.58. The van der Waals surface area contributed by atoms with E-state index in [1.54, 1.807) is 18.2 Å². The molecule has 0 amide bonds. The van der Waals surface area contributed by atoms with Crippen LogP contribution in [0.2, 0.25) is 0 Å². The second-order valence-electron chi connectivity index (χ2n) is 4.17. The van der Waals surface area contributed by atoms with Crippen LogP contribution in [0, 0.1) is 11.6 Å². The SMILES string of the molecule is COc1ccc(C(=O)COc2cc(F)cc(F)c2)cc1Br. The highest BCUT2D eigenvalue weighted by Crippen LogP contribution is 2.25. The molecule has 0 N–H and O–H groups in total. The summed E-state index contributed by atoms with van der Waals surface area (Å²) in [6.45, 7) is -0.318. The molecule has 0 saturated carbocycles. The van der Waals surface area contributed by atoms with Crippen LogP contribution in [0.1, 0.15) is 10.4 Å². The van der Waals surface area contributed by atoms with Crippen molar-refractivity contribution in [1.82, 2.24) is 0 Å². The van der Waals surface area contributed by atoms with Gasteiger partial charge in [0.1, 0.15) is 23.1 Å². The lowest BCUT2D eigenvalue weighted by atomic mass is 10.1. The molecule has 2 aromatic rings. The Kier molecular flexibility index (Phi) is 4.90. The summed E-state index contributed by atoms with van der Waals surface area (Å²) in [6.07, 6.45) is 0. The van der Waals surface area contributed by atoms with E-state index >= 15 is 0 Å². The number of ketones is 1. The van der Waals surface area contributed by atoms with Crippen molar-refractivity contribution in [3.63, 3.8) is 0 Å². The van der Waals surface area contributed by atoms with Gasteiger partial charge in [0.2, 0.25) is 0 Å². The van der Waals surface area contributed by atoms with Crippen LogP contribution in [0.25, 0.3) is 0 Å². The van der Waals surface area contributed by atoms with Crippen molar-refractivity contribution in [3.05, 3.63) is 58.1 Å². The quantitative estimate of drug-likeness (QED) is 0.759. The number of Topliss-reactive ketones (excluding diaryl/α,β-unsaturated/α-hetero) is 1. The second kappa shape index (κ2) is 6.67. The first-order valence-corrected chi connectivity index (χ1v) is 6.74. The van der Waals surface area contributed by atoms with Crippen LogP contribution in [-0.4, -0.2) is 19.5 Å². The zero-order chi connectivity index (χ0) is 15.4. The maximum absolute atomic E-state index is 13.0. The van der Waals surface area contributed by atoms with Gasteiger partial charge in [-0.15, -0.1) is 0 Å². The summed E-state index contributed by atoms with van der Waals surface area (Å²) in [7, 11) is 1.52. The highest BCUT2D eigenvalue weighted by Gasteiger charge is 2.10. The van der Waals surface area contributed by atoms with E-state index in [9.17, 15) is 13.6 Å². The second-order valence-corrected chi connectivity index (χ2v) is 5.02. The first kappa shape index (κ1) is 15.4. The van der Waals surface area contributed by atoms with Gasteiger partial charge in [0.05, 0.1) is 11.6 Å². The molecular formula is C15H11BrF2O3. The Morgan fingerprint density at radius 2 is 1.81 bits per heavy atom. The third-order valence-electron chi connectivity index (χ3n) is 2.68. The van der Waals surface area contributed by atoms with Crippen molar-refractivity contribution in [2.24, 2.45) is 0 Å². The molecule has 21 heavy (non-hydrogen) atoms. The van der Waals surface area contributed by atoms with E-state index in [-0.39, 0.29) is 18.1 Å². The van der Waals surface area contributed by atoms with Crippen LogP contribution in [-0.2, 0) is 0 Å². The molecule has 0 bridgehead atoms. The van der Waals surface area contributed by atoms with Gasteiger partial charge in [0.15, 0.2) is 12.4 Å². The standard InChI is InChI=1S/C15H11BrF2O3/c1-20-15-3-2-9(4-13(15)16)14(19)8-21-12-6-10(17)5-11(18)7-12/h2-7H,8H2,1H3. The Morgan fingerprint density at radius 1 is 1.14 bits per heavy atom. The van der Waals surface area contributed by atoms with Crippen LogP contribution >= 0.6 is 15.9 Å². The lowest BCUT2D eigenvalue weighted by Crippen LogP contribution is -2.12. The minimum absolute atomic E-state index is 0.0339. The molecule has 6 heteroatoms. The van der Waals surface area contributed by atoms with Crippen molar-refractivity contribution in [3.8, 4) is 11.5 Å². The van der Waals surface area contributed by atoms with E-state index in [0.717, 1.165) is 18.2 Å². The van der Waals surface area contributed by atoms with Gasteiger partial charge in [-0.1, -0.05) is 0 Å². The highest BCUT2D eigenvalue weighted by atomic mass is 79.9. The first-order chi connectivity index (χ1) is 9.99. The number of methoxy groups -OCH3 is 1. The zero-order valence-corrected chi connectivity index (χ0v) is 12.6. The molecule has 0 fully saturated rings. The van der Waals surface area contributed by atoms with Crippen molar-refractivity contribution < 1.29 is 23.0 Å². The molecule has 2 aromatic carbocycles. The number of rotatable bonds is 5. The fourth-order valence-corrected chi connectivity index (χ4v) is 2.22. The number of ether oxygens (including phenoxy) is 2. The van der Waals surface area contributed by atoms with E-state index < -0.39 is 11.6 Å². The van der Waals surface area contributed by atoms with Crippen LogP contribution in [0.5, 0.6) is 11.5 Å². The van der Waals surface area contributed by atoms with Gasteiger partial charge in [-0.25, -0.2) is 8.78 Å². The van der Waals surface area contributed by atoms with E-state index in [2.05, 4.69) is 15.9 Å². The Bertz CT molecular complexity index is 654. The molecule has 0 unspecified atom stereocenters. The summed E-state index contributed by atoms with van der Waals surface area (Å²) in [4.78, 5) is 12.0. The van der Waals surface area contributed by atoms with Crippen molar-refractivity contribution in [1.29, 1.82) is 0 Å². The molecule has 0 radical (unpaired) electrons. The summed E-state index contributed by atoms with van der Waals surface area (Å²) >= 11 is 3.27. The normalized spacial score (nSPS) is 10.3. The molecule has 0 aliphatic carbocycles. The van der Waals surface area contributed by atoms with E-state index in [4.69, 9.17) is 9.47 Å². The summed E-state index contributed by atoms with van der Waals surface area (Å²) in [5.74, 6) is -1.27. The molecule has 3 nitrogen and oxygen atoms in total. The number of carbonyl (C=O) groups is 1. The fourth-order valence-electron chi connectivity index (χ4n) is 1.68. The Balaban J connectivity index is 2.06. The Labute approximate surface area is 128 Å². The first-order valence-electron chi connectivity index (χ1n) is 5.95. The number of benzene rings is 2. The monoisotopic (exact) mass is 356 g/mol. The maximum atomic E-state index is 13.0. The third kappa shape index (κ3) is 4.01. The molecule has 0 aromatic heterocycles. The smallest absolute Gasteiger partial charge is 0.200 e. The average Bonchev–Trinajstić information content (AvgIpc) is 2.43. The third-order valence-corrected chi connectivity index (χ3v) is 3.30. The van der Waals surface area contributed by atoms with Crippen LogP contribution in [0.4, 0.5) is 8.78 Å². The van der Waals surface area contributed by atoms with Gasteiger partial charge in [-0.3, -0.25) is 4.79 Å². The summed E-state index contributed by atoms with van der Waals surface area (Å²) < 4.78 is 36.8. The minimum Gasteiger partial charge on any atom is -0.496 e. The van der Waals surface area contributed by atoms with Gasteiger partial charge in [0.25, 0.3) is 0 Å². The van der Waals surface area contributed by atoms with Crippen LogP contribution in [0.15, 0.2) is 40.9 Å². The average molecular weight is 357 g/mol. The van der Waals surface area contributed by atoms with Gasteiger partial charge in [0, 0.05) is 23.8 Å². The minimum atomic E-state index is -0.760. The summed E-state index contributed by atoms with van der Waals surface area (Å²) in [5, 5.41) is 0. The number of hydrogen-bond donors (Lipinski definition) is 0. The van der Waals surface area contributed by atoms with E-state index in [1.807, 2.05) is 0 Å². The lowest BCUT2D eigenvalue weighted by molar-refractivity contribution is 0.0920. The summed E-state index contributed by atoms with van der Waals surface area (Å²) in [5.41, 5.74) is 0.402. The molecule has 110 valence electrons. The molecular weight excluding hydrogens is 346 g/mol. The van der Waals surface area contributed by atoms with E-state index in [0.29, 0.717) is 15.8 Å².